The van der Waals surface area contributed by atoms with Gasteiger partial charge < -0.3 is 20.7 Å². The first-order valence-corrected chi connectivity index (χ1v) is 11.0. The number of halogens is 1. The van der Waals surface area contributed by atoms with E-state index in [-0.39, 0.29) is 11.5 Å². The summed E-state index contributed by atoms with van der Waals surface area (Å²) in [5.74, 6) is -1.49. The molecule has 33 heavy (non-hydrogen) atoms. The van der Waals surface area contributed by atoms with Crippen molar-refractivity contribution < 1.29 is 14.3 Å². The Labute approximate surface area is 192 Å². The molecule has 0 aliphatic carbocycles. The van der Waals surface area contributed by atoms with Crippen molar-refractivity contribution >= 4 is 16.9 Å². The zero-order valence-electron chi connectivity index (χ0n) is 19.2. The molecule has 1 fully saturated rings. The second-order valence-electron chi connectivity index (χ2n) is 9.21. The molecule has 1 aromatic carbocycles. The monoisotopic (exact) mass is 449 g/mol. The van der Waals surface area contributed by atoms with E-state index >= 15 is 4.39 Å². The number of likely N-dealkylation sites (tertiary alicyclic amines) is 1. The van der Waals surface area contributed by atoms with Gasteiger partial charge in [0.25, 0.3) is 0 Å². The number of hydrogen-bond donors (Lipinski definition) is 3. The number of H-pyrrole nitrogens is 1. The molecular formula is C25H28FN5O2. The van der Waals surface area contributed by atoms with E-state index in [0.717, 1.165) is 0 Å². The fraction of sp³-hybridized carbons (Fsp3) is 0.400. The van der Waals surface area contributed by atoms with Crippen LogP contribution in [0.25, 0.3) is 22.2 Å². The van der Waals surface area contributed by atoms with Gasteiger partial charge in [0.2, 0.25) is 5.91 Å². The Bertz CT molecular complexity index is 1240. The number of pyridine rings is 1. The third kappa shape index (κ3) is 3.58. The van der Waals surface area contributed by atoms with Gasteiger partial charge >= 0.3 is 0 Å². The number of nitrogens with two attached hydrogens (primary N) is 1. The van der Waals surface area contributed by atoms with Gasteiger partial charge in [0.1, 0.15) is 23.1 Å². The number of nitrogens with zero attached hydrogens (tertiary/aromatic N) is 3. The van der Waals surface area contributed by atoms with Crippen molar-refractivity contribution in [3.8, 4) is 17.2 Å². The van der Waals surface area contributed by atoms with E-state index in [0.29, 0.717) is 46.4 Å². The molecule has 8 heteroatoms. The quantitative estimate of drug-likeness (QED) is 0.567. The van der Waals surface area contributed by atoms with Crippen molar-refractivity contribution in [1.29, 1.82) is 5.26 Å². The van der Waals surface area contributed by atoms with Crippen molar-refractivity contribution in [2.75, 3.05) is 13.1 Å². The maximum absolute atomic E-state index is 15.7. The molecule has 0 radical (unpaired) electrons. The molecule has 1 saturated heterocycles. The largest absolute Gasteiger partial charge is 0.384 e. The number of aromatic amines is 1. The smallest absolute Gasteiger partial charge is 0.239 e. The van der Waals surface area contributed by atoms with Gasteiger partial charge in [-0.1, -0.05) is 19.9 Å². The molecule has 3 aromatic rings. The number of fused-ring (bicyclic) bond motifs is 1. The second kappa shape index (κ2) is 8.25. The Morgan fingerprint density at radius 1 is 1.39 bits per heavy atom. The number of carbonyl (C=O) groups excluding carboxylic acids is 1. The first-order valence-electron chi connectivity index (χ1n) is 11.0. The minimum atomic E-state index is -1.44. The molecule has 1 amide bonds. The van der Waals surface area contributed by atoms with Gasteiger partial charge in [-0.05, 0) is 42.7 Å². The molecule has 0 bridgehead atoms. The highest BCUT2D eigenvalue weighted by Gasteiger charge is 2.49. The van der Waals surface area contributed by atoms with E-state index in [4.69, 9.17) is 5.73 Å². The number of rotatable bonds is 3. The number of nitrogens with one attached hydrogen (secondary N) is 1. The Balaban J connectivity index is 1.78. The highest BCUT2D eigenvalue weighted by Crippen LogP contribution is 2.45. The van der Waals surface area contributed by atoms with Crippen LogP contribution in [-0.4, -0.2) is 45.0 Å². The molecule has 3 heterocycles. The minimum absolute atomic E-state index is 0.176. The molecule has 2 aromatic heterocycles. The van der Waals surface area contributed by atoms with Crippen LogP contribution in [0, 0.1) is 35.9 Å². The Morgan fingerprint density at radius 2 is 2.06 bits per heavy atom. The van der Waals surface area contributed by atoms with E-state index in [1.165, 1.54) is 6.07 Å². The summed E-state index contributed by atoms with van der Waals surface area (Å²) in [6.45, 7) is 7.66. The third-order valence-corrected chi connectivity index (χ3v) is 6.89. The molecule has 172 valence electrons. The molecule has 7 nitrogen and oxygen atoms in total. The summed E-state index contributed by atoms with van der Waals surface area (Å²) in [6.07, 6.45) is 3.20. The van der Waals surface area contributed by atoms with Crippen LogP contribution in [0.3, 0.4) is 0 Å². The molecule has 4 rings (SSSR count). The fourth-order valence-corrected chi connectivity index (χ4v) is 5.25. The number of aliphatic hydroxyl groups is 1. The SMILES string of the molecule is Cc1cc(-c2ccnc3[nH]cc(C#N)c23)cc(F)c1C1(O)[C@H](C)CN(C(=O)[C@H](C)N)C[C@@H]1C. The van der Waals surface area contributed by atoms with Crippen molar-refractivity contribution in [2.45, 2.75) is 39.3 Å². The molecule has 1 aliphatic rings. The number of piperidine rings is 1. The lowest BCUT2D eigenvalue weighted by atomic mass is 9.69. The summed E-state index contributed by atoms with van der Waals surface area (Å²) in [5.41, 5.74) is 7.46. The zero-order chi connectivity index (χ0) is 24.1. The van der Waals surface area contributed by atoms with Gasteiger partial charge in [-0.15, -0.1) is 0 Å². The molecule has 1 unspecified atom stereocenters. The number of hydrogen-bond acceptors (Lipinski definition) is 5. The second-order valence-corrected chi connectivity index (χ2v) is 9.21. The van der Waals surface area contributed by atoms with Crippen LogP contribution in [0.1, 0.15) is 37.5 Å². The highest BCUT2D eigenvalue weighted by atomic mass is 19.1. The van der Waals surface area contributed by atoms with Crippen molar-refractivity contribution in [3.63, 3.8) is 0 Å². The Kier molecular flexibility index (Phi) is 5.72. The van der Waals surface area contributed by atoms with Gasteiger partial charge in [0, 0.05) is 48.3 Å². The maximum atomic E-state index is 15.7. The van der Waals surface area contributed by atoms with Gasteiger partial charge in [-0.2, -0.15) is 5.26 Å². The Hall–Kier alpha value is -3.28. The van der Waals surface area contributed by atoms with Gasteiger partial charge in [-0.25, -0.2) is 9.37 Å². The summed E-state index contributed by atoms with van der Waals surface area (Å²) in [6, 6.07) is 6.51. The lowest BCUT2D eigenvalue weighted by Gasteiger charge is -2.49. The molecule has 0 saturated carbocycles. The normalized spacial score (nSPS) is 24.0. The van der Waals surface area contributed by atoms with Crippen LogP contribution in [-0.2, 0) is 10.4 Å². The molecular weight excluding hydrogens is 421 g/mol. The predicted octanol–water partition coefficient (Wildman–Crippen LogP) is 3.20. The fourth-order valence-electron chi connectivity index (χ4n) is 5.25. The standard InChI is InChI=1S/C25H28FN5O2/c1-13-7-17(19-5-6-29-23-21(19)18(9-27)10-30-23)8-20(26)22(13)25(33)14(2)11-31(12-15(25)3)24(32)16(4)28/h5-8,10,14-16,33H,11-12,28H2,1-4H3,(H,29,30)/t14-,15+,16-,25?/m0/s1. The topological polar surface area (TPSA) is 119 Å². The Morgan fingerprint density at radius 3 is 2.64 bits per heavy atom. The van der Waals surface area contributed by atoms with E-state index < -0.39 is 29.3 Å². The van der Waals surface area contributed by atoms with E-state index in [9.17, 15) is 15.2 Å². The van der Waals surface area contributed by atoms with Gasteiger partial charge in [-0.3, -0.25) is 4.79 Å². The first-order chi connectivity index (χ1) is 15.6. The van der Waals surface area contributed by atoms with Crippen LogP contribution >= 0.6 is 0 Å². The number of carbonyl (C=O) groups is 1. The van der Waals surface area contributed by atoms with Crippen LogP contribution in [0.2, 0.25) is 0 Å². The lowest BCUT2D eigenvalue weighted by molar-refractivity contribution is -0.150. The average Bonchev–Trinajstić information content (AvgIpc) is 3.19. The number of amides is 1. The van der Waals surface area contributed by atoms with Gasteiger partial charge in [0.05, 0.1) is 11.6 Å². The van der Waals surface area contributed by atoms with Crippen LogP contribution < -0.4 is 5.73 Å². The van der Waals surface area contributed by atoms with E-state index in [1.807, 2.05) is 19.9 Å². The minimum Gasteiger partial charge on any atom is -0.384 e. The van der Waals surface area contributed by atoms with Crippen LogP contribution in [0.4, 0.5) is 4.39 Å². The molecule has 1 aliphatic heterocycles. The van der Waals surface area contributed by atoms with E-state index in [1.54, 1.807) is 37.2 Å². The van der Waals surface area contributed by atoms with Crippen LogP contribution in [0.15, 0.2) is 30.6 Å². The summed E-state index contributed by atoms with van der Waals surface area (Å²) >= 11 is 0. The number of nitriles is 1. The van der Waals surface area contributed by atoms with Crippen LogP contribution in [0.5, 0.6) is 0 Å². The lowest BCUT2D eigenvalue weighted by Crippen LogP contribution is -2.58. The van der Waals surface area contributed by atoms with Crippen molar-refractivity contribution in [3.05, 3.63) is 53.1 Å². The van der Waals surface area contributed by atoms with Gasteiger partial charge in [0.15, 0.2) is 0 Å². The first kappa shape index (κ1) is 22.9. The average molecular weight is 450 g/mol. The van der Waals surface area contributed by atoms with E-state index in [2.05, 4.69) is 16.0 Å². The molecule has 4 atom stereocenters. The summed E-state index contributed by atoms with van der Waals surface area (Å²) < 4.78 is 15.7. The highest BCUT2D eigenvalue weighted by molar-refractivity contribution is 5.97. The summed E-state index contributed by atoms with van der Waals surface area (Å²) in [4.78, 5) is 21.3. The number of aromatic nitrogens is 2. The van der Waals surface area contributed by atoms with Crippen molar-refractivity contribution in [2.24, 2.45) is 17.6 Å². The summed E-state index contributed by atoms with van der Waals surface area (Å²) in [5, 5.41) is 21.9. The number of aryl methyl sites for hydroxylation is 1. The van der Waals surface area contributed by atoms with Crippen molar-refractivity contribution in [1.82, 2.24) is 14.9 Å². The predicted molar refractivity (Wildman–Crippen MR) is 123 cm³/mol. The third-order valence-electron chi connectivity index (χ3n) is 6.89. The molecule has 0 spiro atoms. The maximum Gasteiger partial charge on any atom is 0.239 e. The molecule has 4 N–H and O–H groups in total. The number of benzene rings is 1. The zero-order valence-corrected chi connectivity index (χ0v) is 19.2. The summed E-state index contributed by atoms with van der Waals surface area (Å²) in [7, 11) is 0.